The monoisotopic (exact) mass is 221 g/mol. The van der Waals surface area contributed by atoms with Gasteiger partial charge in [0.05, 0.1) is 0 Å². The number of pyridine rings is 1. The molecular formula is C12H19N3O. The SMILES string of the molecule is Cc1cc(OC2CCN(C)CC2)cc(N)n1. The lowest BCUT2D eigenvalue weighted by atomic mass is 10.1. The Kier molecular flexibility index (Phi) is 3.29. The number of aromatic nitrogens is 1. The van der Waals surface area contributed by atoms with E-state index in [1.54, 1.807) is 6.07 Å². The zero-order valence-corrected chi connectivity index (χ0v) is 9.94. The summed E-state index contributed by atoms with van der Waals surface area (Å²) >= 11 is 0. The molecule has 0 saturated carbocycles. The molecule has 2 heterocycles. The molecule has 16 heavy (non-hydrogen) atoms. The number of nitrogens with zero attached hydrogens (tertiary/aromatic N) is 2. The number of rotatable bonds is 2. The van der Waals surface area contributed by atoms with Gasteiger partial charge in [-0.1, -0.05) is 0 Å². The van der Waals surface area contributed by atoms with Gasteiger partial charge in [-0.15, -0.1) is 0 Å². The number of anilines is 1. The van der Waals surface area contributed by atoms with Gasteiger partial charge in [0.25, 0.3) is 0 Å². The van der Waals surface area contributed by atoms with Crippen LogP contribution in [0.1, 0.15) is 18.5 Å². The normalized spacial score (nSPS) is 18.6. The molecule has 0 unspecified atom stereocenters. The molecule has 1 aliphatic heterocycles. The molecule has 1 aromatic heterocycles. The van der Waals surface area contributed by atoms with Crippen LogP contribution in [0.4, 0.5) is 5.82 Å². The van der Waals surface area contributed by atoms with Crippen molar-refractivity contribution in [3.8, 4) is 5.75 Å². The summed E-state index contributed by atoms with van der Waals surface area (Å²) < 4.78 is 5.92. The van der Waals surface area contributed by atoms with Crippen molar-refractivity contribution in [3.63, 3.8) is 0 Å². The molecule has 1 aliphatic rings. The topological polar surface area (TPSA) is 51.4 Å². The molecular weight excluding hydrogens is 202 g/mol. The maximum atomic E-state index is 5.92. The van der Waals surface area contributed by atoms with Crippen LogP contribution in [0.15, 0.2) is 12.1 Å². The maximum Gasteiger partial charge on any atom is 0.127 e. The lowest BCUT2D eigenvalue weighted by Gasteiger charge is -2.29. The van der Waals surface area contributed by atoms with Crippen molar-refractivity contribution in [1.82, 2.24) is 9.88 Å². The molecule has 2 N–H and O–H groups in total. The average Bonchev–Trinajstić information content (AvgIpc) is 2.20. The lowest BCUT2D eigenvalue weighted by Crippen LogP contribution is -2.35. The fourth-order valence-electron chi connectivity index (χ4n) is 2.02. The highest BCUT2D eigenvalue weighted by Gasteiger charge is 2.18. The van der Waals surface area contributed by atoms with Crippen LogP contribution in [0.2, 0.25) is 0 Å². The van der Waals surface area contributed by atoms with Crippen molar-refractivity contribution in [2.24, 2.45) is 0 Å². The Morgan fingerprint density at radius 2 is 2.06 bits per heavy atom. The third-order valence-corrected chi connectivity index (χ3v) is 2.92. The summed E-state index contributed by atoms with van der Waals surface area (Å²) in [5.74, 6) is 1.38. The van der Waals surface area contributed by atoms with Crippen LogP contribution in [0.3, 0.4) is 0 Å². The molecule has 0 radical (unpaired) electrons. The van der Waals surface area contributed by atoms with Crippen LogP contribution < -0.4 is 10.5 Å². The number of likely N-dealkylation sites (tertiary alicyclic amines) is 1. The first-order valence-electron chi connectivity index (χ1n) is 5.73. The summed E-state index contributed by atoms with van der Waals surface area (Å²) in [7, 11) is 2.14. The summed E-state index contributed by atoms with van der Waals surface area (Å²) in [6.45, 7) is 4.13. The van der Waals surface area contributed by atoms with Crippen molar-refractivity contribution in [1.29, 1.82) is 0 Å². The molecule has 1 fully saturated rings. The van der Waals surface area contributed by atoms with Gasteiger partial charge < -0.3 is 15.4 Å². The summed E-state index contributed by atoms with van der Waals surface area (Å²) in [5, 5.41) is 0. The molecule has 2 rings (SSSR count). The number of piperidine rings is 1. The Balaban J connectivity index is 1.98. The fraction of sp³-hybridized carbons (Fsp3) is 0.583. The Labute approximate surface area is 96.4 Å². The van der Waals surface area contributed by atoms with Gasteiger partial charge in [0, 0.05) is 30.9 Å². The highest BCUT2D eigenvalue weighted by atomic mass is 16.5. The van der Waals surface area contributed by atoms with Crippen LogP contribution in [0.25, 0.3) is 0 Å². The minimum absolute atomic E-state index is 0.317. The summed E-state index contributed by atoms with van der Waals surface area (Å²) in [6.07, 6.45) is 2.48. The number of hydrogen-bond donors (Lipinski definition) is 1. The van der Waals surface area contributed by atoms with Crippen LogP contribution >= 0.6 is 0 Å². The van der Waals surface area contributed by atoms with E-state index in [0.29, 0.717) is 11.9 Å². The molecule has 0 spiro atoms. The van der Waals surface area contributed by atoms with E-state index in [4.69, 9.17) is 10.5 Å². The van der Waals surface area contributed by atoms with Crippen molar-refractivity contribution in [2.45, 2.75) is 25.9 Å². The molecule has 0 bridgehead atoms. The van der Waals surface area contributed by atoms with E-state index >= 15 is 0 Å². The Hall–Kier alpha value is -1.29. The number of nitrogens with two attached hydrogens (primary N) is 1. The average molecular weight is 221 g/mol. The smallest absolute Gasteiger partial charge is 0.127 e. The largest absolute Gasteiger partial charge is 0.490 e. The highest BCUT2D eigenvalue weighted by molar-refractivity contribution is 5.38. The molecule has 1 saturated heterocycles. The van der Waals surface area contributed by atoms with E-state index in [-0.39, 0.29) is 0 Å². The van der Waals surface area contributed by atoms with Gasteiger partial charge >= 0.3 is 0 Å². The van der Waals surface area contributed by atoms with E-state index in [1.807, 2.05) is 13.0 Å². The molecule has 0 amide bonds. The van der Waals surface area contributed by atoms with Crippen LogP contribution in [-0.2, 0) is 0 Å². The summed E-state index contributed by atoms with van der Waals surface area (Å²) in [6, 6.07) is 3.74. The van der Waals surface area contributed by atoms with E-state index in [0.717, 1.165) is 37.4 Å². The molecule has 88 valence electrons. The Morgan fingerprint density at radius 3 is 2.69 bits per heavy atom. The van der Waals surface area contributed by atoms with E-state index in [2.05, 4.69) is 16.9 Å². The molecule has 0 atom stereocenters. The highest BCUT2D eigenvalue weighted by Crippen LogP contribution is 2.20. The van der Waals surface area contributed by atoms with Gasteiger partial charge in [0.2, 0.25) is 0 Å². The van der Waals surface area contributed by atoms with Gasteiger partial charge in [0.1, 0.15) is 17.7 Å². The zero-order chi connectivity index (χ0) is 11.5. The maximum absolute atomic E-state index is 5.92. The van der Waals surface area contributed by atoms with Crippen LogP contribution in [0, 0.1) is 6.92 Å². The molecule has 0 aromatic carbocycles. The molecule has 4 nitrogen and oxygen atoms in total. The van der Waals surface area contributed by atoms with Gasteiger partial charge in [-0.25, -0.2) is 4.98 Å². The second-order valence-electron chi connectivity index (χ2n) is 4.49. The van der Waals surface area contributed by atoms with Crippen molar-refractivity contribution in [2.75, 3.05) is 25.9 Å². The predicted octanol–water partition coefficient (Wildman–Crippen LogP) is 1.45. The van der Waals surface area contributed by atoms with Gasteiger partial charge in [-0.2, -0.15) is 0 Å². The van der Waals surface area contributed by atoms with Crippen molar-refractivity contribution < 1.29 is 4.74 Å². The summed E-state index contributed by atoms with van der Waals surface area (Å²) in [4.78, 5) is 6.45. The number of aryl methyl sites for hydroxylation is 1. The molecule has 1 aromatic rings. The first-order chi connectivity index (χ1) is 7.63. The van der Waals surface area contributed by atoms with Gasteiger partial charge in [-0.05, 0) is 26.8 Å². The van der Waals surface area contributed by atoms with Crippen LogP contribution in [0.5, 0.6) is 5.75 Å². The van der Waals surface area contributed by atoms with E-state index in [1.165, 1.54) is 0 Å². The lowest BCUT2D eigenvalue weighted by molar-refractivity contribution is 0.114. The fourth-order valence-corrected chi connectivity index (χ4v) is 2.02. The second kappa shape index (κ2) is 4.70. The van der Waals surface area contributed by atoms with Crippen molar-refractivity contribution in [3.05, 3.63) is 17.8 Å². The van der Waals surface area contributed by atoms with E-state index in [9.17, 15) is 0 Å². The van der Waals surface area contributed by atoms with E-state index < -0.39 is 0 Å². The van der Waals surface area contributed by atoms with Gasteiger partial charge in [-0.3, -0.25) is 0 Å². The van der Waals surface area contributed by atoms with Gasteiger partial charge in [0.15, 0.2) is 0 Å². The Bertz CT molecular complexity index is 339. The van der Waals surface area contributed by atoms with Crippen molar-refractivity contribution >= 4 is 5.82 Å². The molecule has 0 aliphatic carbocycles. The standard InChI is InChI=1S/C12H19N3O/c1-9-7-11(8-12(13)14-9)16-10-3-5-15(2)6-4-10/h7-8,10H,3-6H2,1-2H3,(H2,13,14). The minimum Gasteiger partial charge on any atom is -0.490 e. The predicted molar refractivity (Wildman–Crippen MR) is 64.5 cm³/mol. The number of ether oxygens (including phenoxy) is 1. The third kappa shape index (κ3) is 2.85. The summed E-state index contributed by atoms with van der Waals surface area (Å²) in [5.41, 5.74) is 6.59. The minimum atomic E-state index is 0.317. The first kappa shape index (κ1) is 11.2. The quantitative estimate of drug-likeness (QED) is 0.821. The Morgan fingerprint density at radius 1 is 1.38 bits per heavy atom. The zero-order valence-electron chi connectivity index (χ0n) is 9.94. The number of nitrogen functional groups attached to an aromatic ring is 1. The second-order valence-corrected chi connectivity index (χ2v) is 4.49. The first-order valence-corrected chi connectivity index (χ1v) is 5.73. The van der Waals surface area contributed by atoms with Crippen LogP contribution in [-0.4, -0.2) is 36.1 Å². The number of hydrogen-bond acceptors (Lipinski definition) is 4. The third-order valence-electron chi connectivity index (χ3n) is 2.92. The molecule has 4 heteroatoms.